The number of sulfonamides is 1. The van der Waals surface area contributed by atoms with Gasteiger partial charge in [0.15, 0.2) is 0 Å². The van der Waals surface area contributed by atoms with Crippen LogP contribution < -0.4 is 0 Å². The highest BCUT2D eigenvalue weighted by Gasteiger charge is 2.26. The van der Waals surface area contributed by atoms with E-state index in [-0.39, 0.29) is 0 Å². The van der Waals surface area contributed by atoms with Crippen molar-refractivity contribution in [3.63, 3.8) is 0 Å². The number of benzene rings is 1. The zero-order chi connectivity index (χ0) is 13.2. The molecule has 1 aromatic rings. The molecule has 0 N–H and O–H groups in total. The first-order valence-corrected chi connectivity index (χ1v) is 8.46. The van der Waals surface area contributed by atoms with Crippen molar-refractivity contribution in [3.05, 3.63) is 28.7 Å². The molecule has 18 heavy (non-hydrogen) atoms. The fraction of sp³-hybridized carbons (Fsp3) is 0.538. The van der Waals surface area contributed by atoms with Gasteiger partial charge in [0.25, 0.3) is 0 Å². The minimum absolute atomic E-state index is 0.352. The third-order valence-electron chi connectivity index (χ3n) is 3.51. The van der Waals surface area contributed by atoms with Gasteiger partial charge >= 0.3 is 0 Å². The molecular formula is C13H18BrNO2S. The molecule has 1 aliphatic carbocycles. The number of hydrogen-bond acceptors (Lipinski definition) is 2. The van der Waals surface area contributed by atoms with Crippen LogP contribution in [0.15, 0.2) is 33.6 Å². The van der Waals surface area contributed by atoms with Gasteiger partial charge in [0.1, 0.15) is 0 Å². The molecule has 2 rings (SSSR count). The normalized spacial score (nSPS) is 17.5. The van der Waals surface area contributed by atoms with Crippen LogP contribution in [0.4, 0.5) is 0 Å². The minimum atomic E-state index is -3.37. The molecule has 3 nitrogen and oxygen atoms in total. The Morgan fingerprint density at radius 3 is 2.50 bits per heavy atom. The maximum atomic E-state index is 12.4. The van der Waals surface area contributed by atoms with E-state index in [2.05, 4.69) is 15.9 Å². The van der Waals surface area contributed by atoms with Gasteiger partial charge in [0.2, 0.25) is 10.0 Å². The van der Waals surface area contributed by atoms with Gasteiger partial charge in [-0.2, -0.15) is 0 Å². The average molecular weight is 332 g/mol. The molecule has 0 spiro atoms. The predicted molar refractivity (Wildman–Crippen MR) is 75.9 cm³/mol. The summed E-state index contributed by atoms with van der Waals surface area (Å²) in [7, 11) is -1.70. The maximum Gasteiger partial charge on any atom is 0.243 e. The van der Waals surface area contributed by atoms with E-state index in [1.165, 1.54) is 17.1 Å². The lowest BCUT2D eigenvalue weighted by Crippen LogP contribution is -2.31. The molecule has 0 atom stereocenters. The summed E-state index contributed by atoms with van der Waals surface area (Å²) in [4.78, 5) is 0.352. The molecule has 0 amide bonds. The topological polar surface area (TPSA) is 37.4 Å². The van der Waals surface area contributed by atoms with Gasteiger partial charge in [0.05, 0.1) is 4.90 Å². The number of halogens is 1. The van der Waals surface area contributed by atoms with Gasteiger partial charge in [-0.25, -0.2) is 12.7 Å². The second kappa shape index (κ2) is 5.72. The minimum Gasteiger partial charge on any atom is -0.207 e. The van der Waals surface area contributed by atoms with Crippen molar-refractivity contribution in [1.29, 1.82) is 0 Å². The first kappa shape index (κ1) is 14.0. The third kappa shape index (κ3) is 2.95. The van der Waals surface area contributed by atoms with E-state index in [0.717, 1.165) is 12.8 Å². The molecule has 0 aromatic heterocycles. The van der Waals surface area contributed by atoms with Crippen molar-refractivity contribution >= 4 is 26.0 Å². The molecule has 0 bridgehead atoms. The maximum absolute atomic E-state index is 12.4. The van der Waals surface area contributed by atoms with Gasteiger partial charge in [-0.15, -0.1) is 0 Å². The van der Waals surface area contributed by atoms with E-state index in [9.17, 15) is 8.42 Å². The molecule has 1 saturated carbocycles. The smallest absolute Gasteiger partial charge is 0.207 e. The second-order valence-electron chi connectivity index (χ2n) is 4.87. The lowest BCUT2D eigenvalue weighted by Gasteiger charge is -2.21. The van der Waals surface area contributed by atoms with Gasteiger partial charge in [-0.05, 0) is 46.8 Å². The highest BCUT2D eigenvalue weighted by atomic mass is 79.9. The van der Waals surface area contributed by atoms with Crippen LogP contribution >= 0.6 is 15.9 Å². The second-order valence-corrected chi connectivity index (χ2v) is 7.73. The molecule has 1 aliphatic rings. The monoisotopic (exact) mass is 331 g/mol. The van der Waals surface area contributed by atoms with Crippen LogP contribution in [0, 0.1) is 5.92 Å². The summed E-state index contributed by atoms with van der Waals surface area (Å²) in [5, 5.41) is 0. The molecule has 1 fully saturated rings. The zero-order valence-electron chi connectivity index (χ0n) is 10.5. The Hall–Kier alpha value is -0.390. The van der Waals surface area contributed by atoms with Crippen LogP contribution in [0.3, 0.4) is 0 Å². The van der Waals surface area contributed by atoms with E-state index in [0.29, 0.717) is 21.8 Å². The van der Waals surface area contributed by atoms with Crippen molar-refractivity contribution in [1.82, 2.24) is 4.31 Å². The average Bonchev–Trinajstić information content (AvgIpc) is 2.82. The van der Waals surface area contributed by atoms with Crippen LogP contribution in [0.1, 0.15) is 25.7 Å². The van der Waals surface area contributed by atoms with Gasteiger partial charge < -0.3 is 0 Å². The van der Waals surface area contributed by atoms with Gasteiger partial charge in [0, 0.05) is 18.1 Å². The summed E-state index contributed by atoms with van der Waals surface area (Å²) in [5.74, 6) is 0.521. The number of nitrogens with zero attached hydrogens (tertiary/aromatic N) is 1. The molecule has 0 unspecified atom stereocenters. The molecule has 100 valence electrons. The van der Waals surface area contributed by atoms with Crippen LogP contribution in [-0.4, -0.2) is 26.3 Å². The Kier molecular flexibility index (Phi) is 4.45. The largest absolute Gasteiger partial charge is 0.243 e. The predicted octanol–water partition coefficient (Wildman–Crippen LogP) is 3.26. The fourth-order valence-electron chi connectivity index (χ4n) is 2.48. The zero-order valence-corrected chi connectivity index (χ0v) is 12.9. The van der Waals surface area contributed by atoms with Crippen LogP contribution in [-0.2, 0) is 10.0 Å². The van der Waals surface area contributed by atoms with Gasteiger partial charge in [-0.1, -0.05) is 25.0 Å². The van der Waals surface area contributed by atoms with Crippen LogP contribution in [0.5, 0.6) is 0 Å². The summed E-state index contributed by atoms with van der Waals surface area (Å²) in [5.41, 5.74) is 0. The van der Waals surface area contributed by atoms with Crippen LogP contribution in [0.2, 0.25) is 0 Å². The summed E-state index contributed by atoms with van der Waals surface area (Å²) in [6.45, 7) is 0.629. The highest BCUT2D eigenvalue weighted by molar-refractivity contribution is 9.10. The summed E-state index contributed by atoms with van der Waals surface area (Å²) in [6.07, 6.45) is 4.76. The third-order valence-corrected chi connectivity index (χ3v) is 6.35. The lowest BCUT2D eigenvalue weighted by molar-refractivity contribution is 0.387. The molecule has 0 aliphatic heterocycles. The van der Waals surface area contributed by atoms with Crippen molar-refractivity contribution in [3.8, 4) is 0 Å². The lowest BCUT2D eigenvalue weighted by atomic mass is 10.1. The van der Waals surface area contributed by atoms with E-state index >= 15 is 0 Å². The summed E-state index contributed by atoms with van der Waals surface area (Å²) >= 11 is 3.31. The van der Waals surface area contributed by atoms with Crippen molar-refractivity contribution in [2.45, 2.75) is 30.6 Å². The Morgan fingerprint density at radius 2 is 1.89 bits per heavy atom. The van der Waals surface area contributed by atoms with Crippen molar-refractivity contribution < 1.29 is 8.42 Å². The Bertz CT molecular complexity index is 509. The number of rotatable bonds is 4. The Labute approximate surface area is 117 Å². The SMILES string of the molecule is CN(CC1CCCC1)S(=O)(=O)c1ccccc1Br. The Morgan fingerprint density at radius 1 is 1.28 bits per heavy atom. The molecule has 0 radical (unpaired) electrons. The van der Waals surface area contributed by atoms with Gasteiger partial charge in [-0.3, -0.25) is 0 Å². The Balaban J connectivity index is 2.17. The number of hydrogen-bond donors (Lipinski definition) is 0. The first-order valence-electron chi connectivity index (χ1n) is 6.22. The first-order chi connectivity index (χ1) is 8.51. The van der Waals surface area contributed by atoms with E-state index in [4.69, 9.17) is 0 Å². The van der Waals surface area contributed by atoms with E-state index < -0.39 is 10.0 Å². The van der Waals surface area contributed by atoms with Crippen molar-refractivity contribution in [2.24, 2.45) is 5.92 Å². The van der Waals surface area contributed by atoms with E-state index in [1.54, 1.807) is 25.2 Å². The molecule has 1 aromatic carbocycles. The molecular weight excluding hydrogens is 314 g/mol. The van der Waals surface area contributed by atoms with Crippen molar-refractivity contribution in [2.75, 3.05) is 13.6 Å². The standard InChI is InChI=1S/C13H18BrNO2S/c1-15(10-11-6-2-3-7-11)18(16,17)13-9-5-4-8-12(13)14/h4-5,8-9,11H,2-3,6-7,10H2,1H3. The summed E-state index contributed by atoms with van der Waals surface area (Å²) < 4.78 is 27.0. The fourth-order valence-corrected chi connectivity index (χ4v) is 4.68. The highest BCUT2D eigenvalue weighted by Crippen LogP contribution is 2.28. The van der Waals surface area contributed by atoms with E-state index in [1.807, 2.05) is 6.07 Å². The summed E-state index contributed by atoms with van der Waals surface area (Å²) in [6, 6.07) is 6.97. The molecule has 0 heterocycles. The molecule has 5 heteroatoms. The molecule has 0 saturated heterocycles. The quantitative estimate of drug-likeness (QED) is 0.849. The van der Waals surface area contributed by atoms with Crippen LogP contribution in [0.25, 0.3) is 0 Å².